The molecule has 3 rings (SSSR count). The molecule has 0 saturated carbocycles. The molecule has 2 aromatic carbocycles. The van der Waals surface area contributed by atoms with Gasteiger partial charge < -0.3 is 10.1 Å². The van der Waals surface area contributed by atoms with E-state index in [1.54, 1.807) is 30.3 Å². The molecule has 3 aromatic rings. The lowest BCUT2D eigenvalue weighted by molar-refractivity contribution is 0.415. The summed E-state index contributed by atoms with van der Waals surface area (Å²) in [6.45, 7) is 0. The van der Waals surface area contributed by atoms with E-state index in [2.05, 4.69) is 20.5 Å². The van der Waals surface area contributed by atoms with Crippen LogP contribution in [0.3, 0.4) is 0 Å². The lowest BCUT2D eigenvalue weighted by atomic mass is 10.1. The summed E-state index contributed by atoms with van der Waals surface area (Å²) in [6.07, 6.45) is 0.261. The zero-order valence-electron chi connectivity index (χ0n) is 13.2. The summed E-state index contributed by atoms with van der Waals surface area (Å²) in [5, 5.41) is 11.2. The average Bonchev–Trinajstić information content (AvgIpc) is 2.59. The van der Waals surface area contributed by atoms with E-state index in [1.165, 1.54) is 19.2 Å². The van der Waals surface area contributed by atoms with Crippen LogP contribution in [0.1, 0.15) is 11.3 Å². The number of anilines is 2. The van der Waals surface area contributed by atoms with Crippen molar-refractivity contribution in [2.75, 3.05) is 12.4 Å². The van der Waals surface area contributed by atoms with Gasteiger partial charge in [-0.3, -0.25) is 9.78 Å². The van der Waals surface area contributed by atoms with Crippen molar-refractivity contribution in [2.24, 2.45) is 0 Å². The maximum atomic E-state index is 12.9. The van der Waals surface area contributed by atoms with E-state index < -0.39 is 0 Å². The number of nitrogens with one attached hydrogen (secondary N) is 2. The van der Waals surface area contributed by atoms with Gasteiger partial charge >= 0.3 is 0 Å². The molecular formula is C17H14ClFN4O2. The third-order valence-corrected chi connectivity index (χ3v) is 3.76. The molecule has 0 saturated heterocycles. The summed E-state index contributed by atoms with van der Waals surface area (Å²) < 4.78 is 18.0. The second-order valence-electron chi connectivity index (χ2n) is 5.23. The Kier molecular flexibility index (Phi) is 4.95. The smallest absolute Gasteiger partial charge is 0.274 e. The summed E-state index contributed by atoms with van der Waals surface area (Å²) in [7, 11) is 1.52. The largest absolute Gasteiger partial charge is 0.495 e. The molecule has 0 amide bonds. The molecule has 128 valence electrons. The van der Waals surface area contributed by atoms with E-state index in [1.807, 2.05) is 0 Å². The van der Waals surface area contributed by atoms with Crippen LogP contribution in [0.2, 0.25) is 5.02 Å². The second-order valence-corrected chi connectivity index (χ2v) is 5.63. The topological polar surface area (TPSA) is 79.9 Å². The molecule has 25 heavy (non-hydrogen) atoms. The number of benzene rings is 2. The molecule has 0 bridgehead atoms. The van der Waals surface area contributed by atoms with Crippen molar-refractivity contribution >= 4 is 23.2 Å². The summed E-state index contributed by atoms with van der Waals surface area (Å²) in [6, 6.07) is 10.9. The first-order chi connectivity index (χ1) is 12.0. The zero-order chi connectivity index (χ0) is 17.8. The molecule has 0 unspecified atom stereocenters. The van der Waals surface area contributed by atoms with Gasteiger partial charge in [0.2, 0.25) is 5.95 Å². The van der Waals surface area contributed by atoms with Crippen LogP contribution >= 0.6 is 11.6 Å². The van der Waals surface area contributed by atoms with Crippen LogP contribution in [0, 0.1) is 5.82 Å². The molecule has 6 nitrogen and oxygen atoms in total. The van der Waals surface area contributed by atoms with Gasteiger partial charge in [0.15, 0.2) is 0 Å². The van der Waals surface area contributed by atoms with E-state index in [4.69, 9.17) is 16.3 Å². The fraction of sp³-hybridized carbons (Fsp3) is 0.118. The lowest BCUT2D eigenvalue weighted by Crippen LogP contribution is -2.18. The summed E-state index contributed by atoms with van der Waals surface area (Å²) in [4.78, 5) is 14.8. The number of rotatable bonds is 5. The number of aromatic nitrogens is 3. The Labute approximate surface area is 147 Å². The monoisotopic (exact) mass is 360 g/mol. The van der Waals surface area contributed by atoms with Gasteiger partial charge in [-0.25, -0.2) is 4.39 Å². The first kappa shape index (κ1) is 16.9. The quantitative estimate of drug-likeness (QED) is 0.729. The number of H-pyrrole nitrogens is 1. The maximum absolute atomic E-state index is 12.9. The number of nitrogens with zero attached hydrogens (tertiary/aromatic N) is 2. The fourth-order valence-electron chi connectivity index (χ4n) is 2.21. The molecule has 0 radical (unpaired) electrons. The minimum Gasteiger partial charge on any atom is -0.495 e. The Morgan fingerprint density at radius 3 is 2.60 bits per heavy atom. The van der Waals surface area contributed by atoms with Gasteiger partial charge in [-0.15, -0.1) is 10.2 Å². The van der Waals surface area contributed by atoms with Crippen molar-refractivity contribution in [3.8, 4) is 5.75 Å². The highest BCUT2D eigenvalue weighted by Crippen LogP contribution is 2.27. The van der Waals surface area contributed by atoms with Crippen LogP contribution in [0.25, 0.3) is 0 Å². The number of ether oxygens (including phenoxy) is 1. The van der Waals surface area contributed by atoms with Gasteiger partial charge in [-0.1, -0.05) is 23.7 Å². The first-order valence-corrected chi connectivity index (χ1v) is 7.74. The van der Waals surface area contributed by atoms with Gasteiger partial charge in [0.1, 0.15) is 17.3 Å². The molecule has 1 heterocycles. The van der Waals surface area contributed by atoms with E-state index in [0.717, 1.165) is 5.56 Å². The van der Waals surface area contributed by atoms with Crippen LogP contribution in [0.5, 0.6) is 5.75 Å². The van der Waals surface area contributed by atoms with E-state index >= 15 is 0 Å². The van der Waals surface area contributed by atoms with Crippen molar-refractivity contribution in [1.29, 1.82) is 0 Å². The summed E-state index contributed by atoms with van der Waals surface area (Å²) >= 11 is 6.05. The highest BCUT2D eigenvalue weighted by molar-refractivity contribution is 6.32. The van der Waals surface area contributed by atoms with E-state index in [9.17, 15) is 9.18 Å². The van der Waals surface area contributed by atoms with Crippen LogP contribution in [0.4, 0.5) is 16.0 Å². The molecule has 0 aliphatic rings. The molecular weight excluding hydrogens is 347 g/mol. The van der Waals surface area contributed by atoms with Gasteiger partial charge in [-0.05, 0) is 35.9 Å². The standard InChI is InChI=1S/C17H14ClFN4O2/c1-25-15-7-6-12(9-13(15)18)20-17-21-16(24)14(22-23-17)8-10-2-4-11(19)5-3-10/h2-7,9H,8H2,1H3,(H2,20,21,23,24). The number of methoxy groups -OCH3 is 1. The van der Waals surface area contributed by atoms with Crippen molar-refractivity contribution in [1.82, 2.24) is 15.2 Å². The first-order valence-electron chi connectivity index (χ1n) is 7.36. The molecule has 0 atom stereocenters. The van der Waals surface area contributed by atoms with Gasteiger partial charge in [-0.2, -0.15) is 0 Å². The van der Waals surface area contributed by atoms with E-state index in [-0.39, 0.29) is 29.4 Å². The average molecular weight is 361 g/mol. The van der Waals surface area contributed by atoms with Crippen molar-refractivity contribution in [3.05, 3.63) is 74.9 Å². The molecule has 0 aliphatic heterocycles. The molecule has 1 aromatic heterocycles. The molecule has 8 heteroatoms. The van der Waals surface area contributed by atoms with Crippen LogP contribution in [-0.2, 0) is 6.42 Å². The fourth-order valence-corrected chi connectivity index (χ4v) is 2.47. The number of aromatic amines is 1. The van der Waals surface area contributed by atoms with Gasteiger partial charge in [0.05, 0.1) is 12.1 Å². The summed E-state index contributed by atoms with van der Waals surface area (Å²) in [5.74, 6) is 0.400. The number of hydrogen-bond donors (Lipinski definition) is 2. The normalized spacial score (nSPS) is 10.5. The zero-order valence-corrected chi connectivity index (χ0v) is 14.0. The summed E-state index contributed by atoms with van der Waals surface area (Å²) in [5.41, 5.74) is 1.26. The van der Waals surface area contributed by atoms with Crippen LogP contribution in [0.15, 0.2) is 47.3 Å². The molecule has 0 fully saturated rings. The van der Waals surface area contributed by atoms with Gasteiger partial charge in [0.25, 0.3) is 5.56 Å². The third-order valence-electron chi connectivity index (χ3n) is 3.46. The van der Waals surface area contributed by atoms with Crippen molar-refractivity contribution in [3.63, 3.8) is 0 Å². The Morgan fingerprint density at radius 1 is 1.20 bits per heavy atom. The number of hydrogen-bond acceptors (Lipinski definition) is 5. The van der Waals surface area contributed by atoms with Crippen LogP contribution in [-0.4, -0.2) is 22.3 Å². The Hall–Kier alpha value is -2.93. The Morgan fingerprint density at radius 2 is 1.96 bits per heavy atom. The molecule has 0 spiro atoms. The SMILES string of the molecule is COc1ccc(Nc2nnc(Cc3ccc(F)cc3)c(=O)[nH]2)cc1Cl. The predicted octanol–water partition coefficient (Wildman–Crippen LogP) is 3.30. The van der Waals surface area contributed by atoms with Crippen molar-refractivity contribution < 1.29 is 9.13 Å². The highest BCUT2D eigenvalue weighted by atomic mass is 35.5. The lowest BCUT2D eigenvalue weighted by Gasteiger charge is -2.08. The van der Waals surface area contributed by atoms with E-state index in [0.29, 0.717) is 16.5 Å². The predicted molar refractivity (Wildman–Crippen MR) is 93.1 cm³/mol. The minimum atomic E-state index is -0.374. The highest BCUT2D eigenvalue weighted by Gasteiger charge is 2.08. The molecule has 2 N–H and O–H groups in total. The second kappa shape index (κ2) is 7.31. The molecule has 0 aliphatic carbocycles. The van der Waals surface area contributed by atoms with Gasteiger partial charge in [0, 0.05) is 12.1 Å². The third kappa shape index (κ3) is 4.13. The van der Waals surface area contributed by atoms with Crippen molar-refractivity contribution in [2.45, 2.75) is 6.42 Å². The number of halogens is 2. The minimum absolute atomic E-state index is 0.189. The Bertz CT molecular complexity index is 944. The van der Waals surface area contributed by atoms with Crippen LogP contribution < -0.4 is 15.6 Å². The Balaban J connectivity index is 1.76. The maximum Gasteiger partial charge on any atom is 0.274 e.